The van der Waals surface area contributed by atoms with Gasteiger partial charge in [0, 0.05) is 0 Å². The molecule has 0 saturated heterocycles. The van der Waals surface area contributed by atoms with E-state index in [4.69, 9.17) is 5.11 Å². The predicted octanol–water partition coefficient (Wildman–Crippen LogP) is 1.69. The molecule has 0 saturated carbocycles. The molecular weight excluding hydrogens is 224 g/mol. The van der Waals surface area contributed by atoms with Crippen molar-refractivity contribution in [3.05, 3.63) is 0 Å². The Morgan fingerprint density at radius 3 is 1.60 bits per heavy atom. The van der Waals surface area contributed by atoms with E-state index in [1.54, 1.807) is 0 Å². The van der Waals surface area contributed by atoms with Crippen LogP contribution in [-0.4, -0.2) is 21.8 Å². The summed E-state index contributed by atoms with van der Waals surface area (Å²) in [5.41, 5.74) is 0. The first-order valence-corrected chi connectivity index (χ1v) is 2.67. The number of carboxylic acid groups (broad SMARTS) is 1. The molecule has 0 bridgehead atoms. The second-order valence-electron chi connectivity index (χ2n) is 1.38. The Morgan fingerprint density at radius 1 is 1.30 bits per heavy atom. The molecule has 0 unspecified atom stereocenters. The third-order valence-electron chi connectivity index (χ3n) is 0.625. The topological polar surface area (TPSA) is 37.3 Å². The first-order chi connectivity index (χ1) is 4.19. The average molecular weight is 225 g/mol. The minimum Gasteiger partial charge on any atom is -0.478 e. The van der Waals surface area contributed by atoms with E-state index in [0.29, 0.717) is 0 Å². The van der Waals surface area contributed by atoms with E-state index in [1.807, 2.05) is 0 Å². The van der Waals surface area contributed by atoms with E-state index in [1.165, 1.54) is 15.9 Å². The molecule has 60 valence electrons. The van der Waals surface area contributed by atoms with Crippen LogP contribution in [-0.2, 0) is 4.79 Å². The number of rotatable bonds is 1. The smallest absolute Gasteiger partial charge is 0.444 e. The average Bonchev–Trinajstić information content (AvgIpc) is 1.62. The summed E-state index contributed by atoms with van der Waals surface area (Å²) in [7, 11) is 0. The standard InChI is InChI=1S/C3HBrF4O2/c4-2(5,1(9)10)3(6,7)8/h(H,9,10)/t2-/m1/s1. The molecule has 0 aliphatic rings. The Hall–Kier alpha value is -0.330. The van der Waals surface area contributed by atoms with Gasteiger partial charge in [-0.3, -0.25) is 0 Å². The van der Waals surface area contributed by atoms with E-state index in [2.05, 4.69) is 0 Å². The van der Waals surface area contributed by atoms with Crippen molar-refractivity contribution in [1.82, 2.24) is 0 Å². The van der Waals surface area contributed by atoms with Gasteiger partial charge in [-0.25, -0.2) is 9.18 Å². The molecule has 0 fully saturated rings. The summed E-state index contributed by atoms with van der Waals surface area (Å²) >= 11 is 1.38. The van der Waals surface area contributed by atoms with Gasteiger partial charge in [-0.05, 0) is 15.9 Å². The maximum Gasteiger partial charge on any atom is 0.444 e. The highest BCUT2D eigenvalue weighted by Gasteiger charge is 2.60. The van der Waals surface area contributed by atoms with Crippen LogP contribution in [0.3, 0.4) is 0 Å². The van der Waals surface area contributed by atoms with E-state index in [-0.39, 0.29) is 0 Å². The van der Waals surface area contributed by atoms with Crippen LogP contribution in [0, 0.1) is 0 Å². The van der Waals surface area contributed by atoms with Crippen molar-refractivity contribution in [2.45, 2.75) is 10.8 Å². The van der Waals surface area contributed by atoms with Crippen molar-refractivity contribution in [2.24, 2.45) is 0 Å². The van der Waals surface area contributed by atoms with Gasteiger partial charge in [0.15, 0.2) is 0 Å². The highest BCUT2D eigenvalue weighted by Crippen LogP contribution is 2.39. The Balaban J connectivity index is 4.57. The summed E-state index contributed by atoms with van der Waals surface area (Å²) in [6, 6.07) is 0. The molecule has 0 aromatic rings. The van der Waals surface area contributed by atoms with Crippen molar-refractivity contribution in [1.29, 1.82) is 0 Å². The van der Waals surface area contributed by atoms with Crippen LogP contribution in [0.1, 0.15) is 0 Å². The quantitative estimate of drug-likeness (QED) is 0.544. The third-order valence-corrected chi connectivity index (χ3v) is 1.41. The van der Waals surface area contributed by atoms with Gasteiger partial charge in [0.25, 0.3) is 0 Å². The van der Waals surface area contributed by atoms with Crippen molar-refractivity contribution in [3.63, 3.8) is 0 Å². The summed E-state index contributed by atoms with van der Waals surface area (Å²) in [4.78, 5) is 9.53. The van der Waals surface area contributed by atoms with Gasteiger partial charge in [0.05, 0.1) is 0 Å². The molecular formula is C3HBrF4O2. The van der Waals surface area contributed by atoms with Crippen molar-refractivity contribution >= 4 is 21.9 Å². The normalized spacial score (nSPS) is 18.1. The predicted molar refractivity (Wildman–Crippen MR) is 26.5 cm³/mol. The number of alkyl halides is 5. The highest BCUT2D eigenvalue weighted by atomic mass is 79.9. The van der Waals surface area contributed by atoms with E-state index in [0.717, 1.165) is 0 Å². The van der Waals surface area contributed by atoms with Crippen molar-refractivity contribution in [2.75, 3.05) is 0 Å². The van der Waals surface area contributed by atoms with E-state index >= 15 is 0 Å². The lowest BCUT2D eigenvalue weighted by Gasteiger charge is -2.15. The summed E-state index contributed by atoms with van der Waals surface area (Å²) in [6.07, 6.45) is -5.43. The summed E-state index contributed by atoms with van der Waals surface area (Å²) < 4.78 is 41.4. The van der Waals surface area contributed by atoms with Gasteiger partial charge >= 0.3 is 16.7 Å². The number of carbonyl (C=O) groups is 1. The fourth-order valence-electron chi connectivity index (χ4n) is 0.121. The zero-order valence-corrected chi connectivity index (χ0v) is 5.83. The largest absolute Gasteiger partial charge is 0.478 e. The molecule has 0 heterocycles. The highest BCUT2D eigenvalue weighted by molar-refractivity contribution is 9.10. The zero-order chi connectivity index (χ0) is 8.58. The van der Waals surface area contributed by atoms with Gasteiger partial charge in [0.1, 0.15) is 0 Å². The maximum atomic E-state index is 11.9. The minimum absolute atomic E-state index is 1.38. The lowest BCUT2D eigenvalue weighted by atomic mass is 10.4. The molecule has 0 spiro atoms. The summed E-state index contributed by atoms with van der Waals surface area (Å²) in [6.45, 7) is 0. The van der Waals surface area contributed by atoms with Crippen LogP contribution in [0.4, 0.5) is 17.6 Å². The molecule has 7 heteroatoms. The fourth-order valence-corrected chi connectivity index (χ4v) is 0.121. The van der Waals surface area contributed by atoms with Gasteiger partial charge in [-0.2, -0.15) is 13.2 Å². The van der Waals surface area contributed by atoms with Crippen LogP contribution in [0.15, 0.2) is 0 Å². The lowest BCUT2D eigenvalue weighted by Crippen LogP contribution is -2.42. The van der Waals surface area contributed by atoms with E-state index < -0.39 is 16.7 Å². The first kappa shape index (κ1) is 9.67. The molecule has 1 N–H and O–H groups in total. The number of hydrogen-bond acceptors (Lipinski definition) is 1. The van der Waals surface area contributed by atoms with Crippen LogP contribution in [0.2, 0.25) is 0 Å². The van der Waals surface area contributed by atoms with E-state index in [9.17, 15) is 22.4 Å². The molecule has 0 rings (SSSR count). The fraction of sp³-hybridized carbons (Fsp3) is 0.667. The molecule has 0 aliphatic heterocycles. The Labute approximate surface area is 61.0 Å². The number of halogens is 5. The van der Waals surface area contributed by atoms with Crippen molar-refractivity contribution < 1.29 is 27.5 Å². The van der Waals surface area contributed by atoms with Gasteiger partial charge < -0.3 is 5.11 Å². The van der Waals surface area contributed by atoms with Crippen LogP contribution in [0.25, 0.3) is 0 Å². The Bertz CT molecular complexity index is 151. The number of aliphatic carboxylic acids is 1. The molecule has 0 radical (unpaired) electrons. The van der Waals surface area contributed by atoms with Gasteiger partial charge in [-0.1, -0.05) is 0 Å². The summed E-state index contributed by atoms with van der Waals surface area (Å²) in [5.74, 6) is -2.61. The van der Waals surface area contributed by atoms with Gasteiger partial charge in [0.2, 0.25) is 0 Å². The SMILES string of the molecule is O=C(O)[C@](F)(Br)C(F)(F)F. The molecule has 10 heavy (non-hydrogen) atoms. The van der Waals surface area contributed by atoms with Crippen LogP contribution < -0.4 is 0 Å². The molecule has 0 aromatic heterocycles. The maximum absolute atomic E-state index is 11.9. The molecule has 1 atom stereocenters. The second kappa shape index (κ2) is 2.37. The zero-order valence-electron chi connectivity index (χ0n) is 4.25. The lowest BCUT2D eigenvalue weighted by molar-refractivity contribution is -0.205. The number of hydrogen-bond donors (Lipinski definition) is 1. The second-order valence-corrected chi connectivity index (χ2v) is 2.47. The molecule has 0 aromatic carbocycles. The molecule has 0 aliphatic carbocycles. The third kappa shape index (κ3) is 1.59. The number of carboxylic acids is 1. The minimum atomic E-state index is -5.43. The van der Waals surface area contributed by atoms with Crippen LogP contribution >= 0.6 is 15.9 Å². The first-order valence-electron chi connectivity index (χ1n) is 1.87. The van der Waals surface area contributed by atoms with Crippen LogP contribution in [0.5, 0.6) is 0 Å². The molecule has 0 amide bonds. The molecule has 2 nitrogen and oxygen atoms in total. The summed E-state index contributed by atoms with van der Waals surface area (Å²) in [5, 5.41) is 7.64. The van der Waals surface area contributed by atoms with Crippen molar-refractivity contribution in [3.8, 4) is 0 Å². The van der Waals surface area contributed by atoms with Gasteiger partial charge in [-0.15, -0.1) is 0 Å². The Morgan fingerprint density at radius 2 is 1.60 bits per heavy atom. The monoisotopic (exact) mass is 224 g/mol. The Kier molecular flexibility index (Phi) is 2.29.